The Morgan fingerprint density at radius 3 is 2.42 bits per heavy atom. The lowest BCUT2D eigenvalue weighted by atomic mass is 9.92. The van der Waals surface area contributed by atoms with Crippen LogP contribution < -0.4 is 5.46 Å². The summed E-state index contributed by atoms with van der Waals surface area (Å²) in [6.07, 6.45) is -3.06. The Bertz CT molecular complexity index is 1660. The molecule has 0 aliphatic carbocycles. The molecule has 0 fully saturated rings. The second kappa shape index (κ2) is 9.22. The summed E-state index contributed by atoms with van der Waals surface area (Å²) >= 11 is 13.0. The summed E-state index contributed by atoms with van der Waals surface area (Å²) in [5.41, 5.74) is -4.36. The average Bonchev–Trinajstić information content (AvgIpc) is 3.60. The lowest BCUT2D eigenvalue weighted by Crippen LogP contribution is -2.21. The van der Waals surface area contributed by atoms with Crippen LogP contribution in [0.3, 0.4) is 0 Å². The van der Waals surface area contributed by atoms with Crippen LogP contribution in [-0.4, -0.2) is 43.1 Å². The minimum Gasteiger partial charge on any atom is -0.503 e. The van der Waals surface area contributed by atoms with E-state index in [1.807, 2.05) is 0 Å². The number of phenolic OH excluding ortho intramolecular Hbond substituents is 3. The predicted octanol–water partition coefficient (Wildman–Crippen LogP) is 5.69. The van der Waals surface area contributed by atoms with Crippen molar-refractivity contribution in [2.45, 2.75) is 6.18 Å². The molecule has 0 bridgehead atoms. The number of hydrogen-bond acceptors (Lipinski definition) is 8. The molecule has 3 aromatic heterocycles. The molecule has 5 aromatic rings. The van der Waals surface area contributed by atoms with E-state index in [9.17, 15) is 32.9 Å². The van der Waals surface area contributed by atoms with E-state index in [-0.39, 0.29) is 31.5 Å². The zero-order valence-electron chi connectivity index (χ0n) is 18.3. The fraction of sp³-hybridized carbons (Fsp3) is 0.0455. The van der Waals surface area contributed by atoms with Gasteiger partial charge in [0.15, 0.2) is 23.0 Å². The fourth-order valence-electron chi connectivity index (χ4n) is 3.77. The number of alkyl halides is 3. The molecule has 192 valence electrons. The molecule has 0 atom stereocenters. The van der Waals surface area contributed by atoms with Crippen molar-refractivity contribution < 1.29 is 37.4 Å². The lowest BCUT2D eigenvalue weighted by molar-refractivity contribution is -0.142. The average molecular weight is 583 g/mol. The third kappa shape index (κ3) is 3.96. The Hall–Kier alpha value is -3.75. The van der Waals surface area contributed by atoms with Crippen LogP contribution in [0.2, 0.25) is 10.0 Å². The van der Waals surface area contributed by atoms with Gasteiger partial charge in [0.25, 0.3) is 0 Å². The summed E-state index contributed by atoms with van der Waals surface area (Å²) in [6, 6.07) is 3.80. The second-order valence-corrected chi connectivity index (χ2v) is 9.29. The van der Waals surface area contributed by atoms with Crippen molar-refractivity contribution in [3.63, 3.8) is 0 Å². The largest absolute Gasteiger partial charge is 0.503 e. The zero-order valence-corrected chi connectivity index (χ0v) is 20.6. The van der Waals surface area contributed by atoms with Crippen molar-refractivity contribution >= 4 is 47.8 Å². The van der Waals surface area contributed by atoms with Gasteiger partial charge in [-0.3, -0.25) is 0 Å². The molecule has 0 aliphatic rings. The van der Waals surface area contributed by atoms with E-state index in [1.165, 1.54) is 23.7 Å². The number of benzene rings is 2. The van der Waals surface area contributed by atoms with E-state index in [0.29, 0.717) is 0 Å². The number of rotatable bonds is 4. The number of hydrogen-bond donors (Lipinski definition) is 3. The van der Waals surface area contributed by atoms with Gasteiger partial charge in [0.2, 0.25) is 5.75 Å². The maximum Gasteiger partial charge on any atom is 0.434 e. The van der Waals surface area contributed by atoms with E-state index in [4.69, 9.17) is 35.6 Å². The van der Waals surface area contributed by atoms with Crippen LogP contribution in [0, 0.1) is 5.82 Å². The van der Waals surface area contributed by atoms with Gasteiger partial charge in [0, 0.05) is 11.6 Å². The Labute approximate surface area is 224 Å². The van der Waals surface area contributed by atoms with Gasteiger partial charge in [0.1, 0.15) is 30.1 Å². The second-order valence-electron chi connectivity index (χ2n) is 7.61. The quantitative estimate of drug-likeness (QED) is 0.141. The van der Waals surface area contributed by atoms with E-state index in [0.717, 1.165) is 23.6 Å². The summed E-state index contributed by atoms with van der Waals surface area (Å²) < 4.78 is 63.8. The van der Waals surface area contributed by atoms with Gasteiger partial charge < -0.3 is 19.8 Å². The molecule has 0 aliphatic heterocycles. The highest BCUT2D eigenvalue weighted by Crippen LogP contribution is 2.49. The molecule has 16 heteroatoms. The van der Waals surface area contributed by atoms with Crippen molar-refractivity contribution in [2.75, 3.05) is 0 Å². The van der Waals surface area contributed by atoms with E-state index >= 15 is 0 Å². The van der Waals surface area contributed by atoms with Crippen LogP contribution >= 0.6 is 34.5 Å². The first-order valence-electron chi connectivity index (χ1n) is 10.1. The summed E-state index contributed by atoms with van der Waals surface area (Å²) in [6.45, 7) is 0. The molecule has 0 saturated heterocycles. The van der Waals surface area contributed by atoms with E-state index in [2.05, 4.69) is 15.2 Å². The van der Waals surface area contributed by atoms with Crippen LogP contribution in [0.25, 0.3) is 38.8 Å². The highest BCUT2D eigenvalue weighted by molar-refractivity contribution is 7.13. The number of aromatic nitrogens is 4. The Kier molecular flexibility index (Phi) is 6.28. The Morgan fingerprint density at radius 2 is 1.79 bits per heavy atom. The first-order valence-corrected chi connectivity index (χ1v) is 11.8. The van der Waals surface area contributed by atoms with Crippen molar-refractivity contribution in [3.05, 3.63) is 57.5 Å². The third-order valence-electron chi connectivity index (χ3n) is 5.40. The molecular formula is C22H9BCl2F4N4O4S. The normalized spacial score (nSPS) is 11.8. The van der Waals surface area contributed by atoms with Gasteiger partial charge in [-0.05, 0) is 17.6 Å². The zero-order chi connectivity index (χ0) is 27.5. The molecule has 0 saturated carbocycles. The number of aromatic hydroxyl groups is 3. The molecule has 2 aromatic carbocycles. The van der Waals surface area contributed by atoms with Crippen LogP contribution in [0.1, 0.15) is 5.69 Å². The fourth-order valence-corrected chi connectivity index (χ4v) is 4.88. The molecule has 8 nitrogen and oxygen atoms in total. The number of halogens is 6. The number of thiazole rings is 1. The van der Waals surface area contributed by atoms with Crippen molar-refractivity contribution in [1.82, 2.24) is 19.9 Å². The van der Waals surface area contributed by atoms with Gasteiger partial charge in [-0.15, -0.1) is 11.3 Å². The summed E-state index contributed by atoms with van der Waals surface area (Å²) in [4.78, 5) is 4.11. The molecule has 3 heterocycles. The first kappa shape index (κ1) is 25.9. The molecule has 0 spiro atoms. The number of phenols is 3. The van der Waals surface area contributed by atoms with Gasteiger partial charge in [0.05, 0.1) is 32.9 Å². The standard InChI is InChI=1S/C22H9BCl2F4N4O4S/c23-12-13(25)16(34)18(36)17(35)15(12)33-20(22(27,28)29)7(6-31-33)19-11(21-30-4-5-38-21)14(32-37-19)10-8(24)2-1-3-9(10)26/h1-6,34-36H. The molecular weight excluding hydrogens is 574 g/mol. The van der Waals surface area contributed by atoms with Crippen LogP contribution in [0.4, 0.5) is 17.6 Å². The topological polar surface area (TPSA) is 117 Å². The first-order chi connectivity index (χ1) is 17.9. The highest BCUT2D eigenvalue weighted by Gasteiger charge is 2.42. The molecule has 0 unspecified atom stereocenters. The molecule has 5 rings (SSSR count). The smallest absolute Gasteiger partial charge is 0.434 e. The van der Waals surface area contributed by atoms with Gasteiger partial charge in [-0.1, -0.05) is 34.4 Å². The summed E-state index contributed by atoms with van der Waals surface area (Å²) in [5.74, 6) is -4.79. The SMILES string of the molecule is [B]c1c(Cl)c(O)c(O)c(O)c1-n1ncc(-c2onc(-c3c(F)cccc3Cl)c2-c2nccs2)c1C(F)(F)F. The molecule has 38 heavy (non-hydrogen) atoms. The monoisotopic (exact) mass is 582 g/mol. The van der Waals surface area contributed by atoms with Crippen LogP contribution in [0.5, 0.6) is 17.2 Å². The van der Waals surface area contributed by atoms with Crippen LogP contribution in [0.15, 0.2) is 40.5 Å². The van der Waals surface area contributed by atoms with Crippen molar-refractivity contribution in [3.8, 4) is 56.1 Å². The summed E-state index contributed by atoms with van der Waals surface area (Å²) in [5, 5.41) is 38.5. The number of nitrogens with zero attached hydrogens (tertiary/aromatic N) is 4. The predicted molar refractivity (Wildman–Crippen MR) is 131 cm³/mol. The van der Waals surface area contributed by atoms with Crippen molar-refractivity contribution in [2.24, 2.45) is 0 Å². The van der Waals surface area contributed by atoms with Gasteiger partial charge in [-0.2, -0.15) is 18.3 Å². The Morgan fingerprint density at radius 1 is 1.05 bits per heavy atom. The van der Waals surface area contributed by atoms with Gasteiger partial charge in [-0.25, -0.2) is 14.1 Å². The minimum absolute atomic E-state index is 0.0821. The third-order valence-corrected chi connectivity index (χ3v) is 6.89. The van der Waals surface area contributed by atoms with Crippen LogP contribution in [-0.2, 0) is 6.18 Å². The van der Waals surface area contributed by atoms with E-state index in [1.54, 1.807) is 0 Å². The Balaban J connectivity index is 1.85. The molecule has 3 N–H and O–H groups in total. The highest BCUT2D eigenvalue weighted by atomic mass is 35.5. The lowest BCUT2D eigenvalue weighted by Gasteiger charge is -2.17. The summed E-state index contributed by atoms with van der Waals surface area (Å²) in [7, 11) is 5.77. The van der Waals surface area contributed by atoms with Crippen molar-refractivity contribution in [1.29, 1.82) is 0 Å². The molecule has 2 radical (unpaired) electrons. The minimum atomic E-state index is -5.17. The maximum atomic E-state index is 14.8. The van der Waals surface area contributed by atoms with Gasteiger partial charge >= 0.3 is 6.18 Å². The maximum absolute atomic E-state index is 14.8. The van der Waals surface area contributed by atoms with E-state index < -0.39 is 62.4 Å². The molecule has 0 amide bonds.